The predicted octanol–water partition coefficient (Wildman–Crippen LogP) is 2.01. The van der Waals surface area contributed by atoms with Crippen LogP contribution in [-0.4, -0.2) is 29.1 Å². The molecule has 2 amide bonds. The first-order valence-electron chi connectivity index (χ1n) is 7.02. The van der Waals surface area contributed by atoms with Crippen LogP contribution >= 0.6 is 11.6 Å². The highest BCUT2D eigenvalue weighted by Crippen LogP contribution is 2.25. The molecule has 0 radical (unpaired) electrons. The number of halogens is 1. The topological polar surface area (TPSA) is 78.4 Å². The first kappa shape index (κ1) is 15.8. The molecule has 3 N–H and O–H groups in total. The van der Waals surface area contributed by atoms with Crippen molar-refractivity contribution in [3.8, 4) is 0 Å². The fraction of sp³-hybridized carbons (Fsp3) is 0.467. The Bertz CT molecular complexity index is 540. The lowest BCUT2D eigenvalue weighted by Gasteiger charge is -2.25. The highest BCUT2D eigenvalue weighted by atomic mass is 35.5. The number of aryl methyl sites for hydroxylation is 1. The number of benzene rings is 1. The van der Waals surface area contributed by atoms with Crippen LogP contribution in [0.3, 0.4) is 0 Å². The second kappa shape index (κ2) is 6.91. The van der Waals surface area contributed by atoms with Crippen molar-refractivity contribution in [1.29, 1.82) is 0 Å². The van der Waals surface area contributed by atoms with Gasteiger partial charge < -0.3 is 15.7 Å². The number of rotatable bonds is 2. The van der Waals surface area contributed by atoms with Crippen molar-refractivity contribution < 1.29 is 14.7 Å². The number of carbonyl (C=O) groups is 2. The SMILES string of the molecule is Cc1cccc(NC(=O)C(=O)NC2CCC(O)CC2)c1Cl. The Morgan fingerprint density at radius 3 is 2.52 bits per heavy atom. The Labute approximate surface area is 128 Å². The van der Waals surface area contributed by atoms with Crippen LogP contribution in [0, 0.1) is 6.92 Å². The molecule has 1 aromatic carbocycles. The van der Waals surface area contributed by atoms with Crippen LogP contribution in [-0.2, 0) is 9.59 Å². The maximum Gasteiger partial charge on any atom is 0.313 e. The van der Waals surface area contributed by atoms with Gasteiger partial charge in [-0.3, -0.25) is 9.59 Å². The minimum absolute atomic E-state index is 0.0559. The molecular weight excluding hydrogens is 292 g/mol. The Hall–Kier alpha value is -1.59. The van der Waals surface area contributed by atoms with Crippen molar-refractivity contribution in [2.75, 3.05) is 5.32 Å². The molecule has 2 rings (SSSR count). The third-order valence-electron chi connectivity index (χ3n) is 3.68. The van der Waals surface area contributed by atoms with Gasteiger partial charge in [-0.1, -0.05) is 23.7 Å². The van der Waals surface area contributed by atoms with Gasteiger partial charge in [0.05, 0.1) is 16.8 Å². The van der Waals surface area contributed by atoms with Gasteiger partial charge in [-0.2, -0.15) is 0 Å². The Kier molecular flexibility index (Phi) is 5.20. The number of nitrogens with one attached hydrogen (secondary N) is 2. The Morgan fingerprint density at radius 1 is 1.19 bits per heavy atom. The molecule has 0 unspecified atom stereocenters. The minimum Gasteiger partial charge on any atom is -0.393 e. The van der Waals surface area contributed by atoms with Crippen LogP contribution in [0.2, 0.25) is 5.02 Å². The first-order valence-corrected chi connectivity index (χ1v) is 7.40. The van der Waals surface area contributed by atoms with E-state index in [1.807, 2.05) is 13.0 Å². The number of hydrogen-bond donors (Lipinski definition) is 3. The van der Waals surface area contributed by atoms with Crippen LogP contribution in [0.1, 0.15) is 31.2 Å². The van der Waals surface area contributed by atoms with Crippen molar-refractivity contribution in [2.24, 2.45) is 0 Å². The Balaban J connectivity index is 1.91. The van der Waals surface area contributed by atoms with Crippen LogP contribution < -0.4 is 10.6 Å². The zero-order chi connectivity index (χ0) is 15.4. The lowest BCUT2D eigenvalue weighted by Crippen LogP contribution is -2.43. The van der Waals surface area contributed by atoms with E-state index in [4.69, 9.17) is 11.6 Å². The van der Waals surface area contributed by atoms with E-state index in [1.165, 1.54) is 0 Å². The van der Waals surface area contributed by atoms with E-state index in [2.05, 4.69) is 10.6 Å². The van der Waals surface area contributed by atoms with Gasteiger partial charge in [-0.15, -0.1) is 0 Å². The summed E-state index contributed by atoms with van der Waals surface area (Å²) in [5.74, 6) is -1.40. The summed E-state index contributed by atoms with van der Waals surface area (Å²) in [7, 11) is 0. The van der Waals surface area contributed by atoms with Gasteiger partial charge in [0.2, 0.25) is 0 Å². The summed E-state index contributed by atoms with van der Waals surface area (Å²) >= 11 is 6.08. The molecule has 0 spiro atoms. The van der Waals surface area contributed by atoms with Gasteiger partial charge in [0.1, 0.15) is 0 Å². The number of aliphatic hydroxyl groups excluding tert-OH is 1. The maximum absolute atomic E-state index is 11.9. The second-order valence-electron chi connectivity index (χ2n) is 5.37. The smallest absolute Gasteiger partial charge is 0.313 e. The number of hydrogen-bond acceptors (Lipinski definition) is 3. The highest BCUT2D eigenvalue weighted by molar-refractivity contribution is 6.41. The molecule has 1 aliphatic carbocycles. The van der Waals surface area contributed by atoms with E-state index < -0.39 is 11.8 Å². The predicted molar refractivity (Wildman–Crippen MR) is 81.2 cm³/mol. The molecule has 21 heavy (non-hydrogen) atoms. The Morgan fingerprint density at radius 2 is 1.86 bits per heavy atom. The molecule has 0 bridgehead atoms. The zero-order valence-corrected chi connectivity index (χ0v) is 12.6. The average molecular weight is 311 g/mol. The standard InChI is InChI=1S/C15H19ClN2O3/c1-9-3-2-4-12(13(9)16)18-15(21)14(20)17-10-5-7-11(19)8-6-10/h2-4,10-11,19H,5-8H2,1H3,(H,17,20)(H,18,21). The summed E-state index contributed by atoms with van der Waals surface area (Å²) in [5.41, 5.74) is 1.26. The number of amides is 2. The molecule has 114 valence electrons. The van der Waals surface area contributed by atoms with Crippen molar-refractivity contribution in [3.05, 3.63) is 28.8 Å². The fourth-order valence-corrected chi connectivity index (χ4v) is 2.57. The summed E-state index contributed by atoms with van der Waals surface area (Å²) in [6.45, 7) is 1.82. The zero-order valence-electron chi connectivity index (χ0n) is 11.9. The normalized spacial score (nSPS) is 21.7. The van der Waals surface area contributed by atoms with Crippen molar-refractivity contribution in [3.63, 3.8) is 0 Å². The summed E-state index contributed by atoms with van der Waals surface area (Å²) in [5, 5.41) is 15.1. The van der Waals surface area contributed by atoms with Crippen molar-refractivity contribution in [2.45, 2.75) is 44.8 Å². The molecule has 1 fully saturated rings. The van der Waals surface area contributed by atoms with Crippen molar-refractivity contribution >= 4 is 29.1 Å². The van der Waals surface area contributed by atoms with Crippen molar-refractivity contribution in [1.82, 2.24) is 5.32 Å². The van der Waals surface area contributed by atoms with Gasteiger partial charge in [-0.25, -0.2) is 0 Å². The largest absolute Gasteiger partial charge is 0.393 e. The molecular formula is C15H19ClN2O3. The number of anilines is 1. The van der Waals surface area contributed by atoms with E-state index in [-0.39, 0.29) is 12.1 Å². The highest BCUT2D eigenvalue weighted by Gasteiger charge is 2.23. The van der Waals surface area contributed by atoms with Gasteiger partial charge in [0.15, 0.2) is 0 Å². The molecule has 1 aromatic rings. The van der Waals surface area contributed by atoms with E-state index in [0.29, 0.717) is 36.4 Å². The van der Waals surface area contributed by atoms with E-state index >= 15 is 0 Å². The molecule has 0 saturated heterocycles. The number of carbonyl (C=O) groups excluding carboxylic acids is 2. The van der Waals surface area contributed by atoms with E-state index in [9.17, 15) is 14.7 Å². The van der Waals surface area contributed by atoms with E-state index in [1.54, 1.807) is 12.1 Å². The number of aliphatic hydroxyl groups is 1. The van der Waals surface area contributed by atoms with Crippen LogP contribution in [0.25, 0.3) is 0 Å². The fourth-order valence-electron chi connectivity index (χ4n) is 2.39. The van der Waals surface area contributed by atoms with Gasteiger partial charge >= 0.3 is 11.8 Å². The lowest BCUT2D eigenvalue weighted by molar-refractivity contribution is -0.136. The molecule has 1 aliphatic rings. The monoisotopic (exact) mass is 310 g/mol. The van der Waals surface area contributed by atoms with Crippen LogP contribution in [0.4, 0.5) is 5.69 Å². The van der Waals surface area contributed by atoms with Gasteiger partial charge in [0.25, 0.3) is 0 Å². The molecule has 6 heteroatoms. The molecule has 0 heterocycles. The van der Waals surface area contributed by atoms with Gasteiger partial charge in [-0.05, 0) is 44.2 Å². The van der Waals surface area contributed by atoms with Gasteiger partial charge in [0, 0.05) is 6.04 Å². The minimum atomic E-state index is -0.728. The summed E-state index contributed by atoms with van der Waals surface area (Å²) < 4.78 is 0. The summed E-state index contributed by atoms with van der Waals surface area (Å²) in [6, 6.07) is 5.18. The van der Waals surface area contributed by atoms with Crippen LogP contribution in [0.5, 0.6) is 0 Å². The summed E-state index contributed by atoms with van der Waals surface area (Å²) in [6.07, 6.45) is 2.38. The molecule has 0 aromatic heterocycles. The average Bonchev–Trinajstić information content (AvgIpc) is 2.46. The third kappa shape index (κ3) is 4.19. The van der Waals surface area contributed by atoms with E-state index in [0.717, 1.165) is 5.56 Å². The molecule has 0 atom stereocenters. The second-order valence-corrected chi connectivity index (χ2v) is 5.75. The lowest BCUT2D eigenvalue weighted by atomic mass is 9.93. The van der Waals surface area contributed by atoms with Crippen LogP contribution in [0.15, 0.2) is 18.2 Å². The molecule has 0 aliphatic heterocycles. The maximum atomic E-state index is 11.9. The third-order valence-corrected chi connectivity index (χ3v) is 4.18. The first-order chi connectivity index (χ1) is 9.97. The summed E-state index contributed by atoms with van der Waals surface area (Å²) in [4.78, 5) is 23.7. The quantitative estimate of drug-likeness (QED) is 0.731. The molecule has 1 saturated carbocycles. The molecule has 5 nitrogen and oxygen atoms in total.